The first-order chi connectivity index (χ1) is 10.8. The molecule has 3 heteroatoms. The smallest absolute Gasteiger partial charge is 0.0659 e. The molecule has 0 saturated heterocycles. The first-order valence-electron chi connectivity index (χ1n) is 8.58. The highest BCUT2D eigenvalue weighted by Crippen LogP contribution is 2.47. The van der Waals surface area contributed by atoms with Crippen molar-refractivity contribution in [1.82, 2.24) is 9.78 Å². The zero-order chi connectivity index (χ0) is 16.7. The van der Waals surface area contributed by atoms with Crippen LogP contribution in [0.3, 0.4) is 0 Å². The number of benzene rings is 1. The third-order valence-electron chi connectivity index (χ3n) is 5.35. The Bertz CT molecular complexity index is 684. The van der Waals surface area contributed by atoms with Gasteiger partial charge in [-0.15, -0.1) is 0 Å². The van der Waals surface area contributed by atoms with E-state index in [9.17, 15) is 5.11 Å². The summed E-state index contributed by atoms with van der Waals surface area (Å²) in [7, 11) is 0. The predicted molar refractivity (Wildman–Crippen MR) is 93.8 cm³/mol. The van der Waals surface area contributed by atoms with Gasteiger partial charge < -0.3 is 5.11 Å². The van der Waals surface area contributed by atoms with Crippen molar-refractivity contribution >= 4 is 0 Å². The van der Waals surface area contributed by atoms with E-state index in [-0.39, 0.29) is 17.4 Å². The number of nitrogens with zero attached hydrogens (tertiary/aromatic N) is 2. The molecule has 2 aromatic rings. The SMILES string of the molecule is CC1(C)CCC(C)(C)c2c(CCO)cc(Cn3cccn3)cc21. The Labute approximate surface area is 139 Å². The third-order valence-corrected chi connectivity index (χ3v) is 5.35. The molecule has 1 N–H and O–H groups in total. The van der Waals surface area contributed by atoms with Crippen LogP contribution < -0.4 is 0 Å². The molecule has 3 nitrogen and oxygen atoms in total. The molecule has 1 aromatic carbocycles. The molecule has 0 unspecified atom stereocenters. The Kier molecular flexibility index (Phi) is 4.09. The largest absolute Gasteiger partial charge is 0.396 e. The molecule has 0 atom stereocenters. The van der Waals surface area contributed by atoms with Crippen molar-refractivity contribution in [2.45, 2.75) is 64.3 Å². The van der Waals surface area contributed by atoms with Crippen molar-refractivity contribution in [2.75, 3.05) is 6.61 Å². The molecule has 0 radical (unpaired) electrons. The van der Waals surface area contributed by atoms with E-state index in [1.54, 1.807) is 0 Å². The summed E-state index contributed by atoms with van der Waals surface area (Å²) in [5.74, 6) is 0. The molecule has 124 valence electrons. The van der Waals surface area contributed by atoms with Crippen LogP contribution in [0, 0.1) is 0 Å². The van der Waals surface area contributed by atoms with Crippen LogP contribution in [-0.2, 0) is 23.8 Å². The van der Waals surface area contributed by atoms with Gasteiger partial charge in [0.25, 0.3) is 0 Å². The Balaban J connectivity index is 2.13. The van der Waals surface area contributed by atoms with E-state index in [0.29, 0.717) is 0 Å². The monoisotopic (exact) mass is 312 g/mol. The van der Waals surface area contributed by atoms with Gasteiger partial charge in [-0.1, -0.05) is 39.8 Å². The summed E-state index contributed by atoms with van der Waals surface area (Å²) >= 11 is 0. The maximum Gasteiger partial charge on any atom is 0.0659 e. The highest BCUT2D eigenvalue weighted by atomic mass is 16.2. The lowest BCUT2D eigenvalue weighted by molar-refractivity contribution is 0.293. The van der Waals surface area contributed by atoms with Crippen molar-refractivity contribution in [2.24, 2.45) is 0 Å². The minimum atomic E-state index is 0.180. The second-order valence-electron chi connectivity index (χ2n) is 8.12. The van der Waals surface area contributed by atoms with Crippen molar-refractivity contribution < 1.29 is 5.11 Å². The molecule has 0 amide bonds. The van der Waals surface area contributed by atoms with E-state index < -0.39 is 0 Å². The molecule has 0 saturated carbocycles. The zero-order valence-electron chi connectivity index (χ0n) is 14.8. The van der Waals surface area contributed by atoms with E-state index in [4.69, 9.17) is 0 Å². The van der Waals surface area contributed by atoms with Crippen LogP contribution >= 0.6 is 0 Å². The molecule has 1 aromatic heterocycles. The second kappa shape index (κ2) is 5.79. The van der Waals surface area contributed by atoms with Gasteiger partial charge in [-0.3, -0.25) is 4.68 Å². The average molecular weight is 312 g/mol. The van der Waals surface area contributed by atoms with Crippen LogP contribution in [0.15, 0.2) is 30.6 Å². The fraction of sp³-hybridized carbons (Fsp3) is 0.550. The summed E-state index contributed by atoms with van der Waals surface area (Å²) in [5, 5.41) is 13.9. The minimum absolute atomic E-state index is 0.180. The number of hydrogen-bond acceptors (Lipinski definition) is 2. The van der Waals surface area contributed by atoms with Gasteiger partial charge in [0.05, 0.1) is 6.54 Å². The standard InChI is InChI=1S/C20H28N2O/c1-19(2)7-8-20(3,4)18-16(6-11-23)12-15(13-17(18)19)14-22-10-5-9-21-22/h5,9-10,12-13,23H,6-8,11,14H2,1-4H3. The van der Waals surface area contributed by atoms with Gasteiger partial charge in [0, 0.05) is 19.0 Å². The average Bonchev–Trinajstić information content (AvgIpc) is 2.97. The molecular formula is C20H28N2O. The topological polar surface area (TPSA) is 38.0 Å². The van der Waals surface area contributed by atoms with Crippen molar-refractivity contribution in [3.63, 3.8) is 0 Å². The summed E-state index contributed by atoms with van der Waals surface area (Å²) in [6.45, 7) is 10.4. The molecule has 0 spiro atoms. The van der Waals surface area contributed by atoms with Gasteiger partial charge >= 0.3 is 0 Å². The lowest BCUT2D eigenvalue weighted by atomic mass is 9.61. The van der Waals surface area contributed by atoms with Crippen molar-refractivity contribution in [1.29, 1.82) is 0 Å². The molecule has 1 aliphatic rings. The Morgan fingerprint density at radius 1 is 1.13 bits per heavy atom. The summed E-state index contributed by atoms with van der Waals surface area (Å²) < 4.78 is 1.96. The minimum Gasteiger partial charge on any atom is -0.396 e. The number of fused-ring (bicyclic) bond motifs is 1. The van der Waals surface area contributed by atoms with Crippen LogP contribution in [0.5, 0.6) is 0 Å². The molecule has 3 rings (SSSR count). The first kappa shape index (κ1) is 16.3. The number of aliphatic hydroxyl groups is 1. The Morgan fingerprint density at radius 2 is 1.87 bits per heavy atom. The summed E-state index contributed by atoms with van der Waals surface area (Å²) in [6.07, 6.45) is 6.95. The van der Waals surface area contributed by atoms with E-state index in [0.717, 1.165) is 13.0 Å². The van der Waals surface area contributed by atoms with Gasteiger partial charge in [0.1, 0.15) is 0 Å². The molecule has 0 aliphatic heterocycles. The van der Waals surface area contributed by atoms with Crippen LogP contribution in [0.25, 0.3) is 0 Å². The molecule has 0 fully saturated rings. The van der Waals surface area contributed by atoms with E-state index in [1.807, 2.05) is 23.1 Å². The number of aromatic nitrogens is 2. The normalized spacial score (nSPS) is 18.7. The van der Waals surface area contributed by atoms with E-state index >= 15 is 0 Å². The van der Waals surface area contributed by atoms with E-state index in [1.165, 1.54) is 35.1 Å². The van der Waals surface area contributed by atoms with Gasteiger partial charge in [-0.05, 0) is 58.4 Å². The first-order valence-corrected chi connectivity index (χ1v) is 8.58. The summed E-state index contributed by atoms with van der Waals surface area (Å²) in [5.41, 5.74) is 5.88. The number of hydrogen-bond donors (Lipinski definition) is 1. The molecule has 0 bridgehead atoms. The maximum atomic E-state index is 9.55. The fourth-order valence-electron chi connectivity index (χ4n) is 3.98. The Morgan fingerprint density at radius 3 is 2.52 bits per heavy atom. The molecule has 1 heterocycles. The lowest BCUT2D eigenvalue weighted by Gasteiger charge is -2.43. The van der Waals surface area contributed by atoms with Gasteiger partial charge in [0.2, 0.25) is 0 Å². The van der Waals surface area contributed by atoms with Gasteiger partial charge in [-0.2, -0.15) is 5.10 Å². The van der Waals surface area contributed by atoms with Gasteiger partial charge in [-0.25, -0.2) is 0 Å². The molecular weight excluding hydrogens is 284 g/mol. The number of aliphatic hydroxyl groups excluding tert-OH is 1. The van der Waals surface area contributed by atoms with Crippen LogP contribution in [-0.4, -0.2) is 21.5 Å². The van der Waals surface area contributed by atoms with Crippen LogP contribution in [0.4, 0.5) is 0 Å². The van der Waals surface area contributed by atoms with Gasteiger partial charge in [0.15, 0.2) is 0 Å². The fourth-order valence-corrected chi connectivity index (χ4v) is 3.98. The number of rotatable bonds is 4. The van der Waals surface area contributed by atoms with E-state index in [2.05, 4.69) is 44.9 Å². The van der Waals surface area contributed by atoms with Crippen molar-refractivity contribution in [3.8, 4) is 0 Å². The van der Waals surface area contributed by atoms with Crippen LogP contribution in [0.1, 0.15) is 62.8 Å². The summed E-state index contributed by atoms with van der Waals surface area (Å²) in [6, 6.07) is 6.61. The highest BCUT2D eigenvalue weighted by molar-refractivity contribution is 5.49. The van der Waals surface area contributed by atoms with Crippen LogP contribution in [0.2, 0.25) is 0 Å². The predicted octanol–water partition coefficient (Wildman–Crippen LogP) is 3.82. The van der Waals surface area contributed by atoms with Crippen molar-refractivity contribution in [3.05, 3.63) is 52.8 Å². The summed E-state index contributed by atoms with van der Waals surface area (Å²) in [4.78, 5) is 0. The molecule has 1 aliphatic carbocycles. The molecule has 23 heavy (non-hydrogen) atoms. The second-order valence-corrected chi connectivity index (χ2v) is 8.12. The Hall–Kier alpha value is -1.61. The highest BCUT2D eigenvalue weighted by Gasteiger charge is 2.38. The maximum absolute atomic E-state index is 9.55. The zero-order valence-corrected chi connectivity index (χ0v) is 14.8. The third kappa shape index (κ3) is 3.07. The quantitative estimate of drug-likeness (QED) is 0.932. The lowest BCUT2D eigenvalue weighted by Crippen LogP contribution is -2.35.